The van der Waals surface area contributed by atoms with E-state index in [2.05, 4.69) is 19.2 Å². The van der Waals surface area contributed by atoms with Gasteiger partial charge < -0.3 is 4.74 Å². The number of rotatable bonds is 2. The van der Waals surface area contributed by atoms with Crippen LogP contribution >= 0.6 is 0 Å². The Labute approximate surface area is 104 Å². The van der Waals surface area contributed by atoms with E-state index in [0.717, 1.165) is 25.8 Å². The first-order chi connectivity index (χ1) is 7.70. The molecule has 0 radical (unpaired) electrons. The molecule has 17 heavy (non-hydrogen) atoms. The van der Waals surface area contributed by atoms with Crippen molar-refractivity contribution in [3.63, 3.8) is 0 Å². The van der Waals surface area contributed by atoms with Gasteiger partial charge in [-0.1, -0.05) is 0 Å². The van der Waals surface area contributed by atoms with E-state index in [1.807, 2.05) is 6.92 Å². The van der Waals surface area contributed by atoms with Crippen molar-refractivity contribution in [1.82, 2.24) is 5.32 Å². The van der Waals surface area contributed by atoms with Crippen LogP contribution in [0, 0.1) is 5.92 Å². The summed E-state index contributed by atoms with van der Waals surface area (Å²) < 4.78 is 29.2. The van der Waals surface area contributed by atoms with Crippen LogP contribution in [0.1, 0.15) is 40.0 Å². The summed E-state index contributed by atoms with van der Waals surface area (Å²) in [6.45, 7) is 6.97. The van der Waals surface area contributed by atoms with Crippen LogP contribution in [0.15, 0.2) is 0 Å². The summed E-state index contributed by atoms with van der Waals surface area (Å²) in [7, 11) is -2.81. The molecule has 100 valence electrons. The Kier molecular flexibility index (Phi) is 3.30. The third-order valence-electron chi connectivity index (χ3n) is 3.63. The molecule has 5 heteroatoms. The minimum absolute atomic E-state index is 0.151. The maximum Gasteiger partial charge on any atom is 0.150 e. The average molecular weight is 261 g/mol. The summed E-state index contributed by atoms with van der Waals surface area (Å²) in [6, 6.07) is 0. The Morgan fingerprint density at radius 2 is 2.06 bits per heavy atom. The molecule has 1 N–H and O–H groups in total. The summed E-state index contributed by atoms with van der Waals surface area (Å²) >= 11 is 0. The van der Waals surface area contributed by atoms with Gasteiger partial charge in [-0.3, -0.25) is 5.32 Å². The zero-order chi connectivity index (χ0) is 12.7. The fourth-order valence-corrected chi connectivity index (χ4v) is 4.80. The van der Waals surface area contributed by atoms with Gasteiger partial charge >= 0.3 is 0 Å². The zero-order valence-corrected chi connectivity index (χ0v) is 11.8. The molecule has 2 heterocycles. The molecule has 2 aliphatic heterocycles. The lowest BCUT2D eigenvalue weighted by Gasteiger charge is -2.32. The van der Waals surface area contributed by atoms with Crippen LogP contribution in [0.5, 0.6) is 0 Å². The number of sulfone groups is 1. The summed E-state index contributed by atoms with van der Waals surface area (Å²) in [5, 5.41) is 3.38. The van der Waals surface area contributed by atoms with Gasteiger partial charge in [-0.2, -0.15) is 0 Å². The monoisotopic (exact) mass is 261 g/mol. The molecule has 0 saturated carbocycles. The largest absolute Gasteiger partial charge is 0.354 e. The highest BCUT2D eigenvalue weighted by Crippen LogP contribution is 2.33. The van der Waals surface area contributed by atoms with Crippen molar-refractivity contribution >= 4 is 9.84 Å². The lowest BCUT2D eigenvalue weighted by Crippen LogP contribution is -2.42. The Balaban J connectivity index is 1.97. The first-order valence-electron chi connectivity index (χ1n) is 6.35. The second-order valence-electron chi connectivity index (χ2n) is 6.27. The highest BCUT2D eigenvalue weighted by molar-refractivity contribution is 7.91. The summed E-state index contributed by atoms with van der Waals surface area (Å²) in [6.07, 6.45) is 2.59. The van der Waals surface area contributed by atoms with E-state index in [-0.39, 0.29) is 17.2 Å². The van der Waals surface area contributed by atoms with E-state index in [4.69, 9.17) is 4.74 Å². The lowest BCUT2D eigenvalue weighted by atomic mass is 9.95. The highest BCUT2D eigenvalue weighted by atomic mass is 32.2. The SMILES string of the molecule is CC1(C)CNC(C)(CC2CCCS(=O)(=O)C2)O1. The van der Waals surface area contributed by atoms with Crippen molar-refractivity contribution in [2.75, 3.05) is 18.1 Å². The maximum absolute atomic E-state index is 11.6. The van der Waals surface area contributed by atoms with Gasteiger partial charge in [-0.15, -0.1) is 0 Å². The van der Waals surface area contributed by atoms with Crippen molar-refractivity contribution in [3.05, 3.63) is 0 Å². The fourth-order valence-electron chi connectivity index (χ4n) is 3.03. The molecule has 2 saturated heterocycles. The molecule has 2 fully saturated rings. The molecule has 0 aromatic heterocycles. The third-order valence-corrected chi connectivity index (χ3v) is 5.52. The van der Waals surface area contributed by atoms with Crippen LogP contribution in [-0.2, 0) is 14.6 Å². The topological polar surface area (TPSA) is 55.4 Å². The van der Waals surface area contributed by atoms with E-state index in [1.54, 1.807) is 0 Å². The van der Waals surface area contributed by atoms with Gasteiger partial charge in [-0.05, 0) is 46.0 Å². The first-order valence-corrected chi connectivity index (χ1v) is 8.18. The fraction of sp³-hybridized carbons (Fsp3) is 1.00. The molecule has 0 amide bonds. The Hall–Kier alpha value is -0.130. The van der Waals surface area contributed by atoms with E-state index in [0.29, 0.717) is 11.5 Å². The number of ether oxygens (including phenoxy) is 1. The molecular weight excluding hydrogens is 238 g/mol. The standard InChI is InChI=1S/C12H23NO3S/c1-11(2)9-13-12(3,16-11)7-10-5-4-6-17(14,15)8-10/h10,13H,4-9H2,1-3H3. The smallest absolute Gasteiger partial charge is 0.150 e. The number of hydrogen-bond acceptors (Lipinski definition) is 4. The van der Waals surface area contributed by atoms with Gasteiger partial charge in [0.2, 0.25) is 0 Å². The van der Waals surface area contributed by atoms with Crippen LogP contribution in [0.4, 0.5) is 0 Å². The zero-order valence-electron chi connectivity index (χ0n) is 11.0. The minimum Gasteiger partial charge on any atom is -0.354 e. The highest BCUT2D eigenvalue weighted by Gasteiger charge is 2.42. The van der Waals surface area contributed by atoms with Gasteiger partial charge in [-0.25, -0.2) is 8.42 Å². The van der Waals surface area contributed by atoms with E-state index < -0.39 is 9.84 Å². The Morgan fingerprint density at radius 3 is 2.59 bits per heavy atom. The van der Waals surface area contributed by atoms with E-state index in [9.17, 15) is 8.42 Å². The van der Waals surface area contributed by atoms with Crippen LogP contribution in [-0.4, -0.2) is 37.8 Å². The van der Waals surface area contributed by atoms with Gasteiger partial charge in [0.1, 0.15) is 5.72 Å². The van der Waals surface area contributed by atoms with Crippen molar-refractivity contribution in [3.8, 4) is 0 Å². The number of nitrogens with one attached hydrogen (secondary N) is 1. The summed E-state index contributed by atoms with van der Waals surface area (Å²) in [4.78, 5) is 0. The predicted molar refractivity (Wildman–Crippen MR) is 67.6 cm³/mol. The normalized spacial score (nSPS) is 40.3. The molecule has 0 aliphatic carbocycles. The second kappa shape index (κ2) is 4.21. The number of hydrogen-bond donors (Lipinski definition) is 1. The van der Waals surface area contributed by atoms with Crippen molar-refractivity contribution in [2.45, 2.75) is 51.4 Å². The Bertz CT molecular complexity index is 391. The van der Waals surface area contributed by atoms with Gasteiger partial charge in [0.05, 0.1) is 17.1 Å². The average Bonchev–Trinajstić information content (AvgIpc) is 2.38. The van der Waals surface area contributed by atoms with E-state index >= 15 is 0 Å². The third kappa shape index (κ3) is 3.42. The van der Waals surface area contributed by atoms with Crippen LogP contribution in [0.3, 0.4) is 0 Å². The van der Waals surface area contributed by atoms with E-state index in [1.165, 1.54) is 0 Å². The molecule has 2 aliphatic rings. The molecule has 0 aromatic rings. The molecule has 0 spiro atoms. The van der Waals surface area contributed by atoms with Gasteiger partial charge in [0.25, 0.3) is 0 Å². The summed E-state index contributed by atoms with van der Waals surface area (Å²) in [5.41, 5.74) is -0.511. The first kappa shape index (κ1) is 13.3. The second-order valence-corrected chi connectivity index (χ2v) is 8.50. The molecule has 2 rings (SSSR count). The van der Waals surface area contributed by atoms with Crippen LogP contribution in [0.2, 0.25) is 0 Å². The van der Waals surface area contributed by atoms with Crippen molar-refractivity contribution in [2.24, 2.45) is 5.92 Å². The molecule has 4 nitrogen and oxygen atoms in total. The van der Waals surface area contributed by atoms with Crippen molar-refractivity contribution < 1.29 is 13.2 Å². The Morgan fingerprint density at radius 1 is 1.35 bits per heavy atom. The molecule has 0 aromatic carbocycles. The molecule has 2 unspecified atom stereocenters. The van der Waals surface area contributed by atoms with Gasteiger partial charge in [0, 0.05) is 6.54 Å². The molecule has 0 bridgehead atoms. The molecule has 2 atom stereocenters. The van der Waals surface area contributed by atoms with Crippen LogP contribution in [0.25, 0.3) is 0 Å². The summed E-state index contributed by atoms with van der Waals surface area (Å²) in [5.74, 6) is 0.925. The van der Waals surface area contributed by atoms with Crippen molar-refractivity contribution in [1.29, 1.82) is 0 Å². The van der Waals surface area contributed by atoms with Crippen LogP contribution < -0.4 is 5.32 Å². The quantitative estimate of drug-likeness (QED) is 0.814. The molecular formula is C12H23NO3S. The minimum atomic E-state index is -2.81. The maximum atomic E-state index is 11.6. The van der Waals surface area contributed by atoms with Gasteiger partial charge in [0.15, 0.2) is 9.84 Å². The lowest BCUT2D eigenvalue weighted by molar-refractivity contribution is -0.0902. The predicted octanol–water partition coefficient (Wildman–Crippen LogP) is 1.32.